The molecular weight excluding hydrogens is 254 g/mol. The van der Waals surface area contributed by atoms with E-state index in [0.717, 1.165) is 19.3 Å². The van der Waals surface area contributed by atoms with Crippen LogP contribution in [-0.2, 0) is 0 Å². The van der Waals surface area contributed by atoms with Crippen LogP contribution in [0.3, 0.4) is 0 Å². The maximum atomic E-state index is 12.0. The van der Waals surface area contributed by atoms with Gasteiger partial charge in [0.25, 0.3) is 5.91 Å². The van der Waals surface area contributed by atoms with Gasteiger partial charge >= 0.3 is 0 Å². The molecule has 0 bridgehead atoms. The number of hydrogen-bond donors (Lipinski definition) is 1. The molecule has 0 radical (unpaired) electrons. The summed E-state index contributed by atoms with van der Waals surface area (Å²) in [5.41, 5.74) is 1.47. The zero-order valence-electron chi connectivity index (χ0n) is 11.4. The summed E-state index contributed by atoms with van der Waals surface area (Å²) in [6.45, 7) is 0.534. The van der Waals surface area contributed by atoms with Gasteiger partial charge in [0.15, 0.2) is 0 Å². The van der Waals surface area contributed by atoms with Crippen LogP contribution in [0.4, 0.5) is 0 Å². The number of rotatable bonds is 5. The molecule has 1 N–H and O–H groups in total. The van der Waals surface area contributed by atoms with Gasteiger partial charge in [-0.2, -0.15) is 0 Å². The highest BCUT2D eigenvalue weighted by atomic mass is 16.4. The second-order valence-corrected chi connectivity index (χ2v) is 4.95. The van der Waals surface area contributed by atoms with Crippen molar-refractivity contribution in [2.45, 2.75) is 32.1 Å². The quantitative estimate of drug-likeness (QED) is 0.829. The predicted octanol–water partition coefficient (Wildman–Crippen LogP) is 1.67. The molecule has 0 saturated carbocycles. The monoisotopic (exact) mass is 272 g/mol. The molecule has 0 aliphatic heterocycles. The number of aromatic carboxylic acids is 1. The highest BCUT2D eigenvalue weighted by molar-refractivity contribution is 6.04. The molecule has 1 amide bonds. The average Bonchev–Trinajstić information content (AvgIpc) is 2.48. The Labute approximate surface area is 118 Å². The first-order chi connectivity index (χ1) is 9.68. The molecule has 2 rings (SSSR count). The van der Waals surface area contributed by atoms with E-state index in [2.05, 4.69) is 11.4 Å². The van der Waals surface area contributed by atoms with E-state index < -0.39 is 5.97 Å². The second-order valence-electron chi connectivity index (χ2n) is 4.95. The lowest BCUT2D eigenvalue weighted by Crippen LogP contribution is -2.30. The normalized spacial score (nSPS) is 14.5. The molecular formula is C16H18NO3-. The molecule has 106 valence electrons. The lowest BCUT2D eigenvalue weighted by Gasteiger charge is -2.14. The van der Waals surface area contributed by atoms with Crippen LogP contribution in [0.5, 0.6) is 0 Å². The van der Waals surface area contributed by atoms with Crippen LogP contribution in [0.25, 0.3) is 0 Å². The maximum Gasteiger partial charge on any atom is 0.251 e. The summed E-state index contributed by atoms with van der Waals surface area (Å²) >= 11 is 0. The Morgan fingerprint density at radius 3 is 2.55 bits per heavy atom. The fraction of sp³-hybridized carbons (Fsp3) is 0.375. The molecule has 4 heteroatoms. The Bertz CT molecular complexity index is 534. The second kappa shape index (κ2) is 6.89. The van der Waals surface area contributed by atoms with Crippen molar-refractivity contribution in [3.8, 4) is 0 Å². The first-order valence-corrected chi connectivity index (χ1v) is 6.95. The third-order valence-corrected chi connectivity index (χ3v) is 3.51. The number of hydrogen-bond acceptors (Lipinski definition) is 3. The maximum absolute atomic E-state index is 12.0. The molecule has 1 aromatic carbocycles. The van der Waals surface area contributed by atoms with Crippen LogP contribution in [-0.4, -0.2) is 18.4 Å². The van der Waals surface area contributed by atoms with Gasteiger partial charge in [-0.1, -0.05) is 29.8 Å². The number of allylic oxidation sites excluding steroid dienone is 1. The van der Waals surface area contributed by atoms with Crippen LogP contribution in [0.2, 0.25) is 0 Å². The van der Waals surface area contributed by atoms with E-state index in [9.17, 15) is 14.7 Å². The van der Waals surface area contributed by atoms with Crippen molar-refractivity contribution in [2.24, 2.45) is 0 Å². The summed E-state index contributed by atoms with van der Waals surface area (Å²) in [5.74, 6) is -1.69. The van der Waals surface area contributed by atoms with Gasteiger partial charge in [-0.15, -0.1) is 0 Å². The van der Waals surface area contributed by atoms with E-state index in [4.69, 9.17) is 0 Å². The Hall–Kier alpha value is -2.10. The zero-order chi connectivity index (χ0) is 14.4. The number of carboxylic acids is 1. The van der Waals surface area contributed by atoms with Crippen molar-refractivity contribution in [3.63, 3.8) is 0 Å². The van der Waals surface area contributed by atoms with Gasteiger partial charge in [0.05, 0.1) is 5.97 Å². The Morgan fingerprint density at radius 1 is 1.15 bits per heavy atom. The van der Waals surface area contributed by atoms with Gasteiger partial charge in [-0.25, -0.2) is 0 Å². The zero-order valence-corrected chi connectivity index (χ0v) is 11.4. The summed E-state index contributed by atoms with van der Waals surface area (Å²) in [4.78, 5) is 22.9. The molecule has 1 aromatic rings. The van der Waals surface area contributed by atoms with E-state index in [1.165, 1.54) is 30.5 Å². The van der Waals surface area contributed by atoms with Crippen molar-refractivity contribution in [1.29, 1.82) is 0 Å². The largest absolute Gasteiger partial charge is 0.545 e. The molecule has 0 atom stereocenters. The molecule has 1 aliphatic rings. The van der Waals surface area contributed by atoms with Gasteiger partial charge in [-0.3, -0.25) is 4.79 Å². The van der Waals surface area contributed by atoms with Crippen molar-refractivity contribution in [2.75, 3.05) is 6.54 Å². The molecule has 0 spiro atoms. The molecule has 0 unspecified atom stereocenters. The third-order valence-electron chi connectivity index (χ3n) is 3.51. The fourth-order valence-electron chi connectivity index (χ4n) is 2.42. The Balaban J connectivity index is 1.92. The average molecular weight is 272 g/mol. The minimum atomic E-state index is -1.33. The Kier molecular flexibility index (Phi) is 4.93. The highest BCUT2D eigenvalue weighted by Crippen LogP contribution is 2.19. The lowest BCUT2D eigenvalue weighted by atomic mass is 9.97. The van der Waals surface area contributed by atoms with Gasteiger partial charge < -0.3 is 15.2 Å². The van der Waals surface area contributed by atoms with Crippen LogP contribution in [0, 0.1) is 0 Å². The predicted molar refractivity (Wildman–Crippen MR) is 74.3 cm³/mol. The summed E-state index contributed by atoms with van der Waals surface area (Å²) in [6, 6.07) is 6.11. The number of carboxylic acid groups (broad SMARTS) is 1. The van der Waals surface area contributed by atoms with Crippen molar-refractivity contribution in [3.05, 3.63) is 47.0 Å². The van der Waals surface area contributed by atoms with Crippen LogP contribution in [0.15, 0.2) is 35.9 Å². The van der Waals surface area contributed by atoms with Gasteiger partial charge in [0.2, 0.25) is 0 Å². The molecule has 20 heavy (non-hydrogen) atoms. The van der Waals surface area contributed by atoms with E-state index in [-0.39, 0.29) is 17.0 Å². The van der Waals surface area contributed by atoms with Crippen molar-refractivity contribution in [1.82, 2.24) is 5.32 Å². The summed E-state index contributed by atoms with van der Waals surface area (Å²) in [5, 5.41) is 13.7. The van der Waals surface area contributed by atoms with E-state index in [1.807, 2.05) is 0 Å². The minimum absolute atomic E-state index is 0.0677. The van der Waals surface area contributed by atoms with Crippen LogP contribution >= 0.6 is 0 Å². The summed E-state index contributed by atoms with van der Waals surface area (Å²) in [6.07, 6.45) is 7.76. The number of nitrogens with one attached hydrogen (secondary N) is 1. The molecule has 0 fully saturated rings. The van der Waals surface area contributed by atoms with Gasteiger partial charge in [-0.05, 0) is 38.2 Å². The van der Waals surface area contributed by atoms with Gasteiger partial charge in [0.1, 0.15) is 0 Å². The van der Waals surface area contributed by atoms with E-state index in [0.29, 0.717) is 6.54 Å². The highest BCUT2D eigenvalue weighted by Gasteiger charge is 2.11. The molecule has 0 aromatic heterocycles. The summed E-state index contributed by atoms with van der Waals surface area (Å²) < 4.78 is 0. The van der Waals surface area contributed by atoms with E-state index in [1.54, 1.807) is 12.1 Å². The molecule has 0 heterocycles. The number of benzene rings is 1. The van der Waals surface area contributed by atoms with Crippen molar-refractivity contribution >= 4 is 11.9 Å². The molecule has 4 nitrogen and oxygen atoms in total. The van der Waals surface area contributed by atoms with Crippen LogP contribution in [0.1, 0.15) is 52.8 Å². The van der Waals surface area contributed by atoms with Crippen LogP contribution < -0.4 is 10.4 Å². The SMILES string of the molecule is O=C([O-])c1ccccc1C(=O)NCCC1=CCCCC1. The first kappa shape index (κ1) is 14.3. The molecule has 1 aliphatic carbocycles. The molecule has 0 saturated heterocycles. The topological polar surface area (TPSA) is 69.2 Å². The fourth-order valence-corrected chi connectivity index (χ4v) is 2.42. The minimum Gasteiger partial charge on any atom is -0.545 e. The Morgan fingerprint density at radius 2 is 1.90 bits per heavy atom. The number of carbonyl (C=O) groups is 2. The van der Waals surface area contributed by atoms with E-state index >= 15 is 0 Å². The lowest BCUT2D eigenvalue weighted by molar-refractivity contribution is -0.255. The smallest absolute Gasteiger partial charge is 0.251 e. The third kappa shape index (κ3) is 3.70. The van der Waals surface area contributed by atoms with Crippen molar-refractivity contribution < 1.29 is 14.7 Å². The summed E-state index contributed by atoms with van der Waals surface area (Å²) in [7, 11) is 0. The number of amides is 1. The van der Waals surface area contributed by atoms with Gasteiger partial charge in [0, 0.05) is 17.7 Å². The standard InChI is InChI=1S/C16H19NO3/c18-15(13-8-4-5-9-14(13)16(19)20)17-11-10-12-6-2-1-3-7-12/h4-6,8-9H,1-3,7,10-11H2,(H,17,18)(H,19,20)/p-1. The first-order valence-electron chi connectivity index (χ1n) is 6.95. The number of carbonyl (C=O) groups excluding carboxylic acids is 2.